The number of nitrogens with one attached hydrogen (secondary N) is 1. The van der Waals surface area contributed by atoms with Crippen LogP contribution in [0.3, 0.4) is 0 Å². The fourth-order valence-corrected chi connectivity index (χ4v) is 3.42. The summed E-state index contributed by atoms with van der Waals surface area (Å²) in [5.74, 6) is -1.22. The maximum Gasteiger partial charge on any atom is 0.416 e. The van der Waals surface area contributed by atoms with Crippen molar-refractivity contribution in [2.75, 3.05) is 43.0 Å². The van der Waals surface area contributed by atoms with Gasteiger partial charge >= 0.3 is 18.2 Å². The molecule has 1 aliphatic heterocycles. The zero-order chi connectivity index (χ0) is 23.5. The molecular formula is C20H19ClF4N4O3. The Bertz CT molecular complexity index is 1010. The number of carbonyl (C=O) groups excluding carboxylic acids is 2. The SMILES string of the molecule is CCOC(=O)c1cnc(N2CCN(C(=O)Nc3cc(F)cc(C(F)(F)F)c3)CC2)c(Cl)c1. The number of esters is 1. The van der Waals surface area contributed by atoms with Crippen molar-refractivity contribution in [1.29, 1.82) is 0 Å². The minimum absolute atomic E-state index is 0.215. The topological polar surface area (TPSA) is 74.8 Å². The van der Waals surface area contributed by atoms with Crippen molar-refractivity contribution in [3.8, 4) is 0 Å². The van der Waals surface area contributed by atoms with Crippen LogP contribution >= 0.6 is 11.6 Å². The second kappa shape index (κ2) is 9.60. The van der Waals surface area contributed by atoms with E-state index in [2.05, 4.69) is 10.3 Å². The van der Waals surface area contributed by atoms with Gasteiger partial charge < -0.3 is 19.9 Å². The fraction of sp³-hybridized carbons (Fsp3) is 0.350. The number of benzene rings is 1. The van der Waals surface area contributed by atoms with Gasteiger partial charge in [0.05, 0.1) is 22.8 Å². The van der Waals surface area contributed by atoms with Gasteiger partial charge in [-0.25, -0.2) is 19.0 Å². The molecule has 2 aromatic rings. The summed E-state index contributed by atoms with van der Waals surface area (Å²) in [5, 5.41) is 2.54. The van der Waals surface area contributed by atoms with E-state index in [0.717, 1.165) is 6.07 Å². The summed E-state index contributed by atoms with van der Waals surface area (Å²) in [6.07, 6.45) is -3.39. The van der Waals surface area contributed by atoms with Crippen molar-refractivity contribution >= 4 is 35.1 Å². The Morgan fingerprint density at radius 3 is 2.44 bits per heavy atom. The third-order valence-corrected chi connectivity index (χ3v) is 4.95. The largest absolute Gasteiger partial charge is 0.462 e. The standard InChI is InChI=1S/C20H19ClF4N4O3/c1-2-32-18(30)12-7-16(21)17(26-11-12)28-3-5-29(6-4-28)19(31)27-15-9-13(20(23,24)25)8-14(22)10-15/h7-11H,2-6H2,1H3,(H,27,31). The lowest BCUT2D eigenvalue weighted by Crippen LogP contribution is -2.50. The van der Waals surface area contributed by atoms with E-state index in [0.29, 0.717) is 31.0 Å². The number of anilines is 2. The maximum absolute atomic E-state index is 13.5. The smallest absolute Gasteiger partial charge is 0.416 e. The van der Waals surface area contributed by atoms with Gasteiger partial charge in [-0.05, 0) is 31.2 Å². The van der Waals surface area contributed by atoms with Gasteiger partial charge in [-0.15, -0.1) is 0 Å². The minimum atomic E-state index is -4.73. The van der Waals surface area contributed by atoms with Crippen molar-refractivity contribution in [2.24, 2.45) is 0 Å². The zero-order valence-electron chi connectivity index (χ0n) is 16.9. The van der Waals surface area contributed by atoms with Gasteiger partial charge in [-0.2, -0.15) is 13.2 Å². The summed E-state index contributed by atoms with van der Waals surface area (Å²) < 4.78 is 57.0. The molecule has 0 unspecified atom stereocenters. The number of carbonyl (C=O) groups is 2. The van der Waals surface area contributed by atoms with Crippen LogP contribution in [0.2, 0.25) is 5.02 Å². The minimum Gasteiger partial charge on any atom is -0.462 e. The molecule has 1 aliphatic rings. The van der Waals surface area contributed by atoms with E-state index >= 15 is 0 Å². The molecule has 32 heavy (non-hydrogen) atoms. The van der Waals surface area contributed by atoms with Gasteiger partial charge in [0.15, 0.2) is 0 Å². The van der Waals surface area contributed by atoms with Crippen LogP contribution < -0.4 is 10.2 Å². The quantitative estimate of drug-likeness (QED) is 0.524. The summed E-state index contributed by atoms with van der Waals surface area (Å²) in [7, 11) is 0. The molecule has 0 aliphatic carbocycles. The van der Waals surface area contributed by atoms with Crippen LogP contribution in [0.1, 0.15) is 22.8 Å². The highest BCUT2D eigenvalue weighted by molar-refractivity contribution is 6.33. The Kier molecular flexibility index (Phi) is 7.07. The highest BCUT2D eigenvalue weighted by atomic mass is 35.5. The van der Waals surface area contributed by atoms with E-state index in [1.54, 1.807) is 6.92 Å². The number of alkyl halides is 3. The second-order valence-electron chi connectivity index (χ2n) is 6.88. The van der Waals surface area contributed by atoms with Crippen molar-refractivity contribution in [1.82, 2.24) is 9.88 Å². The number of hydrogen-bond donors (Lipinski definition) is 1. The average Bonchev–Trinajstić information content (AvgIpc) is 2.73. The fourth-order valence-electron chi connectivity index (χ4n) is 3.14. The lowest BCUT2D eigenvalue weighted by molar-refractivity contribution is -0.137. The molecule has 0 atom stereocenters. The molecule has 3 rings (SSSR count). The molecule has 0 spiro atoms. The Hall–Kier alpha value is -3.08. The predicted molar refractivity (Wildman–Crippen MR) is 109 cm³/mol. The van der Waals surface area contributed by atoms with Crippen LogP contribution in [-0.2, 0) is 10.9 Å². The number of pyridine rings is 1. The summed E-state index contributed by atoms with van der Waals surface area (Å²) in [5.41, 5.74) is -1.26. The first kappa shape index (κ1) is 23.6. The van der Waals surface area contributed by atoms with E-state index in [9.17, 15) is 27.2 Å². The summed E-state index contributed by atoms with van der Waals surface area (Å²) in [6.45, 7) is 3.04. The van der Waals surface area contributed by atoms with Crippen LogP contribution in [0.4, 0.5) is 33.9 Å². The van der Waals surface area contributed by atoms with Crippen LogP contribution in [-0.4, -0.2) is 54.7 Å². The Morgan fingerprint density at radius 1 is 1.16 bits per heavy atom. The number of hydrogen-bond acceptors (Lipinski definition) is 5. The molecule has 1 saturated heterocycles. The summed E-state index contributed by atoms with van der Waals surface area (Å²) in [4.78, 5) is 31.6. The van der Waals surface area contributed by atoms with Gasteiger partial charge in [0, 0.05) is 38.1 Å². The highest BCUT2D eigenvalue weighted by Gasteiger charge is 2.32. The van der Waals surface area contributed by atoms with Crippen LogP contribution in [0, 0.1) is 5.82 Å². The molecule has 12 heteroatoms. The molecule has 0 radical (unpaired) electrons. The monoisotopic (exact) mass is 474 g/mol. The molecule has 7 nitrogen and oxygen atoms in total. The average molecular weight is 475 g/mol. The molecule has 172 valence electrons. The molecule has 2 heterocycles. The van der Waals surface area contributed by atoms with Crippen LogP contribution in [0.15, 0.2) is 30.5 Å². The summed E-state index contributed by atoms with van der Waals surface area (Å²) >= 11 is 6.25. The normalized spacial score (nSPS) is 14.3. The molecule has 1 aromatic heterocycles. The Balaban J connectivity index is 1.62. The Labute approximate surface area is 185 Å². The van der Waals surface area contributed by atoms with Crippen LogP contribution in [0.5, 0.6) is 0 Å². The van der Waals surface area contributed by atoms with Gasteiger partial charge in [0.2, 0.25) is 0 Å². The molecule has 1 fully saturated rings. The highest BCUT2D eigenvalue weighted by Crippen LogP contribution is 2.32. The van der Waals surface area contributed by atoms with E-state index in [1.807, 2.05) is 4.90 Å². The molecule has 0 bridgehead atoms. The molecule has 1 aromatic carbocycles. The number of amides is 2. The molecule has 0 saturated carbocycles. The molecular weight excluding hydrogens is 456 g/mol. The first-order chi connectivity index (χ1) is 15.1. The zero-order valence-corrected chi connectivity index (χ0v) is 17.6. The second-order valence-corrected chi connectivity index (χ2v) is 7.29. The first-order valence-corrected chi connectivity index (χ1v) is 9.97. The van der Waals surface area contributed by atoms with Crippen molar-refractivity contribution < 1.29 is 31.9 Å². The van der Waals surface area contributed by atoms with Crippen molar-refractivity contribution in [3.05, 3.63) is 52.4 Å². The number of ether oxygens (including phenoxy) is 1. The van der Waals surface area contributed by atoms with Gasteiger partial charge in [0.25, 0.3) is 0 Å². The number of halogens is 5. The lowest BCUT2D eigenvalue weighted by atomic mass is 10.2. The third kappa shape index (κ3) is 5.58. The van der Waals surface area contributed by atoms with Gasteiger partial charge in [-0.1, -0.05) is 11.6 Å². The van der Waals surface area contributed by atoms with Crippen molar-refractivity contribution in [3.63, 3.8) is 0 Å². The van der Waals surface area contributed by atoms with Gasteiger partial charge in [-0.3, -0.25) is 0 Å². The Morgan fingerprint density at radius 2 is 1.84 bits per heavy atom. The van der Waals surface area contributed by atoms with Crippen LogP contribution in [0.25, 0.3) is 0 Å². The summed E-state index contributed by atoms with van der Waals surface area (Å²) in [6, 6.07) is 2.64. The molecule has 2 amide bonds. The van der Waals surface area contributed by atoms with E-state index in [1.165, 1.54) is 17.2 Å². The first-order valence-electron chi connectivity index (χ1n) is 9.60. The number of rotatable bonds is 4. The van der Waals surface area contributed by atoms with E-state index < -0.39 is 29.6 Å². The number of aromatic nitrogens is 1. The lowest BCUT2D eigenvalue weighted by Gasteiger charge is -2.35. The number of nitrogens with zero attached hydrogens (tertiary/aromatic N) is 3. The van der Waals surface area contributed by atoms with Crippen molar-refractivity contribution in [2.45, 2.75) is 13.1 Å². The number of urea groups is 1. The number of piperazine rings is 1. The van der Waals surface area contributed by atoms with E-state index in [4.69, 9.17) is 16.3 Å². The predicted octanol–water partition coefficient (Wildman–Crippen LogP) is 4.42. The maximum atomic E-state index is 13.5. The third-order valence-electron chi connectivity index (χ3n) is 4.68. The van der Waals surface area contributed by atoms with Gasteiger partial charge in [0.1, 0.15) is 11.6 Å². The van der Waals surface area contributed by atoms with E-state index in [-0.39, 0.29) is 36.0 Å². The molecule has 1 N–H and O–H groups in total.